The number of aryl methyl sites for hydroxylation is 1. The van der Waals surface area contributed by atoms with Gasteiger partial charge in [0.2, 0.25) is 0 Å². The van der Waals surface area contributed by atoms with Crippen molar-refractivity contribution >= 4 is 17.6 Å². The molecule has 2 aromatic rings. The summed E-state index contributed by atoms with van der Waals surface area (Å²) in [5.74, 6) is -1.12. The molecule has 1 aromatic heterocycles. The number of carboxylic acids is 1. The molecular weight excluding hydrogens is 286 g/mol. The van der Waals surface area contributed by atoms with E-state index in [1.807, 2.05) is 13.8 Å². The Morgan fingerprint density at radius 3 is 2.59 bits per heavy atom. The second kappa shape index (κ2) is 6.30. The fourth-order valence-electron chi connectivity index (χ4n) is 1.84. The lowest BCUT2D eigenvalue weighted by molar-refractivity contribution is 0.0696. The van der Waals surface area contributed by atoms with Gasteiger partial charge in [0, 0.05) is 5.69 Å². The minimum atomic E-state index is -1.08. The van der Waals surface area contributed by atoms with Crippen LogP contribution < -0.4 is 10.1 Å². The summed E-state index contributed by atoms with van der Waals surface area (Å²) in [6.07, 6.45) is -0.112. The van der Waals surface area contributed by atoms with Crippen molar-refractivity contribution < 1.29 is 19.4 Å². The minimum absolute atomic E-state index is 0.0598. The number of aromatic carboxylic acids is 1. The van der Waals surface area contributed by atoms with E-state index in [0.29, 0.717) is 11.4 Å². The van der Waals surface area contributed by atoms with Gasteiger partial charge in [0.05, 0.1) is 17.4 Å². The summed E-state index contributed by atoms with van der Waals surface area (Å²) < 4.78 is 5.59. The summed E-state index contributed by atoms with van der Waals surface area (Å²) in [5, 5.41) is 18.2. The van der Waals surface area contributed by atoms with Crippen LogP contribution >= 0.6 is 0 Å². The van der Waals surface area contributed by atoms with Crippen LogP contribution in [-0.2, 0) is 0 Å². The Labute approximate surface area is 127 Å². The number of hydrogen-bond acceptors (Lipinski definition) is 4. The van der Waals surface area contributed by atoms with Crippen LogP contribution in [0.4, 0.5) is 5.69 Å². The van der Waals surface area contributed by atoms with Crippen molar-refractivity contribution in [2.24, 2.45) is 0 Å². The summed E-state index contributed by atoms with van der Waals surface area (Å²) in [7, 11) is 0. The number of ether oxygens (including phenoxy) is 1. The Balaban J connectivity index is 2.31. The second-order valence-corrected chi connectivity index (χ2v) is 5.07. The topological polar surface area (TPSA) is 104 Å². The number of rotatable bonds is 5. The Morgan fingerprint density at radius 1 is 1.32 bits per heavy atom. The fourth-order valence-corrected chi connectivity index (χ4v) is 1.84. The van der Waals surface area contributed by atoms with Crippen LogP contribution in [0.25, 0.3) is 0 Å². The number of aromatic nitrogens is 2. The Hall–Kier alpha value is -2.83. The Bertz CT molecular complexity index is 707. The zero-order valence-electron chi connectivity index (χ0n) is 12.5. The lowest BCUT2D eigenvalue weighted by Crippen LogP contribution is -2.15. The van der Waals surface area contributed by atoms with Crippen LogP contribution in [0.5, 0.6) is 5.75 Å². The van der Waals surface area contributed by atoms with Gasteiger partial charge in [0.15, 0.2) is 5.69 Å². The lowest BCUT2D eigenvalue weighted by Gasteiger charge is -2.15. The van der Waals surface area contributed by atoms with Crippen molar-refractivity contribution in [2.75, 3.05) is 5.32 Å². The van der Waals surface area contributed by atoms with E-state index in [9.17, 15) is 9.59 Å². The van der Waals surface area contributed by atoms with Crippen LogP contribution in [-0.4, -0.2) is 33.3 Å². The molecule has 7 heteroatoms. The third kappa shape index (κ3) is 3.63. The normalized spacial score (nSPS) is 10.5. The van der Waals surface area contributed by atoms with Crippen LogP contribution in [0, 0.1) is 6.92 Å². The number of anilines is 1. The summed E-state index contributed by atoms with van der Waals surface area (Å²) >= 11 is 0. The first-order valence-corrected chi connectivity index (χ1v) is 6.74. The molecule has 1 amide bonds. The quantitative estimate of drug-likeness (QED) is 0.787. The van der Waals surface area contributed by atoms with Crippen molar-refractivity contribution in [1.29, 1.82) is 0 Å². The molecule has 2 rings (SSSR count). The van der Waals surface area contributed by atoms with Gasteiger partial charge in [-0.25, -0.2) is 4.79 Å². The highest BCUT2D eigenvalue weighted by atomic mass is 16.5. The zero-order valence-corrected chi connectivity index (χ0v) is 12.5. The summed E-state index contributed by atoms with van der Waals surface area (Å²) in [6.45, 7) is 5.46. The molecule has 0 radical (unpaired) electrons. The minimum Gasteiger partial charge on any atom is -0.489 e. The number of carboxylic acid groups (broad SMARTS) is 1. The van der Waals surface area contributed by atoms with Crippen molar-refractivity contribution in [3.8, 4) is 5.75 Å². The van der Waals surface area contributed by atoms with E-state index in [2.05, 4.69) is 15.5 Å². The number of benzene rings is 1. The molecule has 1 aromatic carbocycles. The van der Waals surface area contributed by atoms with E-state index in [1.54, 1.807) is 13.0 Å². The first-order valence-electron chi connectivity index (χ1n) is 6.74. The SMILES string of the molecule is Cc1cc(C(=O)Nc2cc(C(=O)O)ccc2OC(C)C)n[nH]1. The number of H-pyrrole nitrogens is 1. The van der Waals surface area contributed by atoms with Crippen LogP contribution in [0.3, 0.4) is 0 Å². The first kappa shape index (κ1) is 15.6. The van der Waals surface area contributed by atoms with Gasteiger partial charge < -0.3 is 15.2 Å². The number of nitrogens with one attached hydrogen (secondary N) is 2. The van der Waals surface area contributed by atoms with E-state index in [4.69, 9.17) is 9.84 Å². The Morgan fingerprint density at radius 2 is 2.05 bits per heavy atom. The number of amides is 1. The maximum absolute atomic E-state index is 12.1. The molecule has 0 aliphatic heterocycles. The van der Waals surface area contributed by atoms with Gasteiger partial charge in [0.1, 0.15) is 5.75 Å². The van der Waals surface area contributed by atoms with E-state index in [-0.39, 0.29) is 17.4 Å². The highest BCUT2D eigenvalue weighted by molar-refractivity contribution is 6.04. The summed E-state index contributed by atoms with van der Waals surface area (Å²) in [5.41, 5.74) is 1.32. The number of hydrogen-bond donors (Lipinski definition) is 3. The third-order valence-corrected chi connectivity index (χ3v) is 2.78. The molecule has 0 spiro atoms. The molecule has 0 saturated heterocycles. The van der Waals surface area contributed by atoms with Gasteiger partial charge in [-0.1, -0.05) is 0 Å². The summed E-state index contributed by atoms with van der Waals surface area (Å²) in [6, 6.07) is 5.90. The largest absolute Gasteiger partial charge is 0.489 e. The maximum Gasteiger partial charge on any atom is 0.335 e. The number of nitrogens with zero attached hydrogens (tertiary/aromatic N) is 1. The van der Waals surface area contributed by atoms with Crippen molar-refractivity contribution in [2.45, 2.75) is 26.9 Å². The fraction of sp³-hybridized carbons (Fsp3) is 0.267. The molecule has 0 saturated carbocycles. The third-order valence-electron chi connectivity index (χ3n) is 2.78. The molecule has 0 atom stereocenters. The molecule has 116 valence electrons. The predicted octanol–water partition coefficient (Wildman–Crippen LogP) is 2.46. The van der Waals surface area contributed by atoms with Gasteiger partial charge in [-0.2, -0.15) is 5.10 Å². The molecule has 22 heavy (non-hydrogen) atoms. The van der Waals surface area contributed by atoms with E-state index in [1.165, 1.54) is 18.2 Å². The molecule has 0 bridgehead atoms. The second-order valence-electron chi connectivity index (χ2n) is 5.07. The van der Waals surface area contributed by atoms with Crippen molar-refractivity contribution in [3.05, 3.63) is 41.2 Å². The van der Waals surface area contributed by atoms with Crippen LogP contribution in [0.2, 0.25) is 0 Å². The van der Waals surface area contributed by atoms with E-state index in [0.717, 1.165) is 5.69 Å². The van der Waals surface area contributed by atoms with Crippen molar-refractivity contribution in [3.63, 3.8) is 0 Å². The standard InChI is InChI=1S/C15H17N3O4/c1-8(2)22-13-5-4-10(15(20)21)7-11(13)16-14(19)12-6-9(3)17-18-12/h4-8H,1-3H3,(H,16,19)(H,17,18)(H,20,21). The number of aromatic amines is 1. The van der Waals surface area contributed by atoms with Crippen LogP contribution in [0.15, 0.2) is 24.3 Å². The molecule has 0 aliphatic rings. The monoisotopic (exact) mass is 303 g/mol. The number of carbonyl (C=O) groups excluding carboxylic acids is 1. The molecule has 0 unspecified atom stereocenters. The van der Waals surface area contributed by atoms with Gasteiger partial charge in [-0.05, 0) is 45.0 Å². The molecule has 1 heterocycles. The average Bonchev–Trinajstić information content (AvgIpc) is 2.86. The molecule has 0 fully saturated rings. The summed E-state index contributed by atoms with van der Waals surface area (Å²) in [4.78, 5) is 23.2. The maximum atomic E-state index is 12.1. The van der Waals surface area contributed by atoms with Gasteiger partial charge in [-0.15, -0.1) is 0 Å². The zero-order chi connectivity index (χ0) is 16.3. The highest BCUT2D eigenvalue weighted by Crippen LogP contribution is 2.27. The molecular formula is C15H17N3O4. The smallest absolute Gasteiger partial charge is 0.335 e. The van der Waals surface area contributed by atoms with Gasteiger partial charge in [0.25, 0.3) is 5.91 Å². The average molecular weight is 303 g/mol. The molecule has 0 aliphatic carbocycles. The van der Waals surface area contributed by atoms with Gasteiger partial charge in [-0.3, -0.25) is 9.89 Å². The van der Waals surface area contributed by atoms with E-state index >= 15 is 0 Å². The number of carbonyl (C=O) groups is 2. The molecule has 7 nitrogen and oxygen atoms in total. The highest BCUT2D eigenvalue weighted by Gasteiger charge is 2.15. The van der Waals surface area contributed by atoms with Crippen molar-refractivity contribution in [1.82, 2.24) is 10.2 Å². The Kier molecular flexibility index (Phi) is 4.45. The van der Waals surface area contributed by atoms with Crippen LogP contribution in [0.1, 0.15) is 40.4 Å². The van der Waals surface area contributed by atoms with Gasteiger partial charge >= 0.3 is 5.97 Å². The first-order chi connectivity index (χ1) is 10.4. The molecule has 3 N–H and O–H groups in total. The lowest BCUT2D eigenvalue weighted by atomic mass is 10.2. The predicted molar refractivity (Wildman–Crippen MR) is 80.4 cm³/mol. The van der Waals surface area contributed by atoms with E-state index < -0.39 is 11.9 Å².